The minimum atomic E-state index is -0.507. The van der Waals surface area contributed by atoms with Gasteiger partial charge in [0.2, 0.25) is 0 Å². The van der Waals surface area contributed by atoms with Crippen molar-refractivity contribution in [3.8, 4) is 0 Å². The van der Waals surface area contributed by atoms with Crippen molar-refractivity contribution in [3.63, 3.8) is 0 Å². The zero-order chi connectivity index (χ0) is 19.5. The highest BCUT2D eigenvalue weighted by Gasteiger charge is 2.20. The average Bonchev–Trinajstić information content (AvgIpc) is 3.18. The number of nitrogens with zero attached hydrogens (tertiary/aromatic N) is 2. The smallest absolute Gasteiger partial charge is 0.339 e. The Balaban J connectivity index is 1.52. The summed E-state index contributed by atoms with van der Waals surface area (Å²) in [4.78, 5) is 30.9. The van der Waals surface area contributed by atoms with Gasteiger partial charge in [0.15, 0.2) is 0 Å². The summed E-state index contributed by atoms with van der Waals surface area (Å²) < 4.78 is 4.75. The van der Waals surface area contributed by atoms with E-state index in [0.29, 0.717) is 11.3 Å². The normalized spacial score (nSPS) is 12.4. The summed E-state index contributed by atoms with van der Waals surface area (Å²) in [6.45, 7) is 0.888. The summed E-state index contributed by atoms with van der Waals surface area (Å²) >= 11 is 0. The summed E-state index contributed by atoms with van der Waals surface area (Å²) in [6.07, 6.45) is 2.69. The molecular formula is C22H19N3O3. The van der Waals surface area contributed by atoms with E-state index < -0.39 is 5.97 Å². The molecule has 6 nitrogen and oxygen atoms in total. The lowest BCUT2D eigenvalue weighted by Gasteiger charge is -2.19. The molecule has 0 saturated heterocycles. The topological polar surface area (TPSA) is 71.5 Å². The van der Waals surface area contributed by atoms with Gasteiger partial charge in [-0.3, -0.25) is 4.79 Å². The Labute approximate surface area is 162 Å². The number of rotatable bonds is 4. The molecular weight excluding hydrogens is 354 g/mol. The second-order valence-electron chi connectivity index (χ2n) is 6.42. The zero-order valence-electron chi connectivity index (χ0n) is 15.4. The van der Waals surface area contributed by atoms with Crippen LogP contribution in [0, 0.1) is 0 Å². The van der Waals surface area contributed by atoms with Crippen molar-refractivity contribution in [1.29, 1.82) is 0 Å². The second-order valence-corrected chi connectivity index (χ2v) is 6.42. The molecule has 1 N–H and O–H groups in total. The SMILES string of the molecule is COC(=O)c1ccccc1NC(=O)c1ccc(N2CCc3ccccc32)cn1. The van der Waals surface area contributed by atoms with Crippen LogP contribution in [0.2, 0.25) is 0 Å². The molecule has 1 aliphatic rings. The quantitative estimate of drug-likeness (QED) is 0.704. The standard InChI is InChI=1S/C22H19N3O3/c1-28-22(27)17-7-3-4-8-18(17)24-21(26)19-11-10-16(14-23-19)25-13-12-15-6-2-5-9-20(15)25/h2-11,14H,12-13H2,1H3,(H,24,26). The maximum atomic E-state index is 12.6. The van der Waals surface area contributed by atoms with Crippen molar-refractivity contribution in [2.24, 2.45) is 0 Å². The third-order valence-corrected chi connectivity index (χ3v) is 4.76. The number of hydrogen-bond donors (Lipinski definition) is 1. The monoisotopic (exact) mass is 373 g/mol. The molecule has 28 heavy (non-hydrogen) atoms. The third-order valence-electron chi connectivity index (χ3n) is 4.76. The molecule has 0 aliphatic carbocycles. The molecule has 2 heterocycles. The van der Waals surface area contributed by atoms with Crippen molar-refractivity contribution < 1.29 is 14.3 Å². The number of benzene rings is 2. The maximum absolute atomic E-state index is 12.6. The first kappa shape index (κ1) is 17.7. The fraction of sp³-hybridized carbons (Fsp3) is 0.136. The Morgan fingerprint density at radius 3 is 2.61 bits per heavy atom. The van der Waals surface area contributed by atoms with E-state index >= 15 is 0 Å². The van der Waals surface area contributed by atoms with Crippen LogP contribution in [0.4, 0.5) is 17.1 Å². The lowest BCUT2D eigenvalue weighted by atomic mass is 10.1. The molecule has 2 aromatic carbocycles. The molecule has 0 bridgehead atoms. The Hall–Kier alpha value is -3.67. The van der Waals surface area contributed by atoms with Gasteiger partial charge in [0.25, 0.3) is 5.91 Å². The Morgan fingerprint density at radius 2 is 1.82 bits per heavy atom. The minimum absolute atomic E-state index is 0.274. The summed E-state index contributed by atoms with van der Waals surface area (Å²) in [7, 11) is 1.30. The molecule has 4 rings (SSSR count). The van der Waals surface area contributed by atoms with E-state index in [1.807, 2.05) is 18.2 Å². The zero-order valence-corrected chi connectivity index (χ0v) is 15.4. The number of hydrogen-bond acceptors (Lipinski definition) is 5. The lowest BCUT2D eigenvalue weighted by Crippen LogP contribution is -2.18. The molecule has 0 atom stereocenters. The van der Waals surface area contributed by atoms with Crippen LogP contribution in [0.1, 0.15) is 26.4 Å². The Kier molecular flexibility index (Phi) is 4.76. The molecule has 0 saturated carbocycles. The largest absolute Gasteiger partial charge is 0.465 e. The van der Waals surface area contributed by atoms with Crippen LogP contribution in [0.25, 0.3) is 0 Å². The number of nitrogens with one attached hydrogen (secondary N) is 1. The molecule has 0 fully saturated rings. The molecule has 140 valence electrons. The highest BCUT2D eigenvalue weighted by Crippen LogP contribution is 2.33. The molecule has 1 aromatic heterocycles. The van der Waals surface area contributed by atoms with Crippen LogP contribution in [0.3, 0.4) is 0 Å². The second kappa shape index (κ2) is 7.52. The number of carbonyl (C=O) groups excluding carboxylic acids is 2. The van der Waals surface area contributed by atoms with Crippen molar-refractivity contribution in [2.45, 2.75) is 6.42 Å². The van der Waals surface area contributed by atoms with Gasteiger partial charge in [-0.2, -0.15) is 0 Å². The first-order valence-electron chi connectivity index (χ1n) is 8.97. The van der Waals surface area contributed by atoms with Gasteiger partial charge >= 0.3 is 5.97 Å². The van der Waals surface area contributed by atoms with Crippen LogP contribution < -0.4 is 10.2 Å². The van der Waals surface area contributed by atoms with Crippen LogP contribution in [0.15, 0.2) is 66.9 Å². The molecule has 6 heteroatoms. The minimum Gasteiger partial charge on any atom is -0.465 e. The van der Waals surface area contributed by atoms with Gasteiger partial charge in [0.1, 0.15) is 5.69 Å². The van der Waals surface area contributed by atoms with E-state index in [0.717, 1.165) is 18.7 Å². The summed E-state index contributed by atoms with van der Waals surface area (Å²) in [5.41, 5.74) is 4.38. The molecule has 1 amide bonds. The van der Waals surface area contributed by atoms with E-state index in [1.54, 1.807) is 36.5 Å². The van der Waals surface area contributed by atoms with E-state index in [-0.39, 0.29) is 11.6 Å². The Morgan fingerprint density at radius 1 is 1.04 bits per heavy atom. The van der Waals surface area contributed by atoms with Gasteiger partial charge in [0.05, 0.1) is 30.2 Å². The Bertz CT molecular complexity index is 1030. The number of ether oxygens (including phenoxy) is 1. The molecule has 0 spiro atoms. The number of para-hydroxylation sites is 2. The highest BCUT2D eigenvalue weighted by molar-refractivity contribution is 6.07. The van der Waals surface area contributed by atoms with E-state index in [9.17, 15) is 9.59 Å². The van der Waals surface area contributed by atoms with Crippen LogP contribution in [-0.2, 0) is 11.2 Å². The molecule has 0 unspecified atom stereocenters. The number of amides is 1. The summed E-state index contributed by atoms with van der Waals surface area (Å²) in [5, 5.41) is 2.73. The third kappa shape index (κ3) is 3.32. The summed E-state index contributed by atoms with van der Waals surface area (Å²) in [6, 6.07) is 18.6. The summed E-state index contributed by atoms with van der Waals surface area (Å²) in [5.74, 6) is -0.892. The van der Waals surface area contributed by atoms with Gasteiger partial charge in [-0.25, -0.2) is 9.78 Å². The van der Waals surface area contributed by atoms with Crippen molar-refractivity contribution in [3.05, 3.63) is 83.7 Å². The van der Waals surface area contributed by atoms with Crippen LogP contribution in [0.5, 0.6) is 0 Å². The molecule has 0 radical (unpaired) electrons. The number of pyridine rings is 1. The first-order valence-corrected chi connectivity index (χ1v) is 8.97. The number of esters is 1. The predicted molar refractivity (Wildman–Crippen MR) is 107 cm³/mol. The highest BCUT2D eigenvalue weighted by atomic mass is 16.5. The van der Waals surface area contributed by atoms with Crippen LogP contribution >= 0.6 is 0 Å². The fourth-order valence-electron chi connectivity index (χ4n) is 3.35. The van der Waals surface area contributed by atoms with E-state index in [2.05, 4.69) is 27.3 Å². The van der Waals surface area contributed by atoms with Crippen LogP contribution in [-0.4, -0.2) is 30.5 Å². The first-order chi connectivity index (χ1) is 13.7. The van der Waals surface area contributed by atoms with Gasteiger partial charge < -0.3 is 15.0 Å². The van der Waals surface area contributed by atoms with Gasteiger partial charge in [-0.15, -0.1) is 0 Å². The van der Waals surface area contributed by atoms with Gasteiger partial charge in [0, 0.05) is 12.2 Å². The van der Waals surface area contributed by atoms with E-state index in [1.165, 1.54) is 18.4 Å². The molecule has 1 aliphatic heterocycles. The van der Waals surface area contributed by atoms with Gasteiger partial charge in [-0.1, -0.05) is 30.3 Å². The lowest BCUT2D eigenvalue weighted by molar-refractivity contribution is 0.0602. The number of carbonyl (C=O) groups is 2. The van der Waals surface area contributed by atoms with Crippen molar-refractivity contribution in [2.75, 3.05) is 23.9 Å². The van der Waals surface area contributed by atoms with Gasteiger partial charge in [-0.05, 0) is 42.3 Å². The predicted octanol–water partition coefficient (Wildman–Crippen LogP) is 3.81. The fourth-order valence-corrected chi connectivity index (χ4v) is 3.35. The number of methoxy groups -OCH3 is 1. The maximum Gasteiger partial charge on any atom is 0.339 e. The molecule has 3 aromatic rings. The van der Waals surface area contributed by atoms with E-state index in [4.69, 9.17) is 4.74 Å². The number of fused-ring (bicyclic) bond motifs is 1. The number of anilines is 3. The van der Waals surface area contributed by atoms with Crippen molar-refractivity contribution >= 4 is 28.9 Å². The van der Waals surface area contributed by atoms with Crippen molar-refractivity contribution in [1.82, 2.24) is 4.98 Å². The average molecular weight is 373 g/mol. The number of aromatic nitrogens is 1.